The lowest BCUT2D eigenvalue weighted by Gasteiger charge is -2.12. The Bertz CT molecular complexity index is 251. The maximum Gasteiger partial charge on any atom is 0.249 e. The molecule has 2 atom stereocenters. The van der Waals surface area contributed by atoms with Gasteiger partial charge in [-0.05, 0) is 25.7 Å². The summed E-state index contributed by atoms with van der Waals surface area (Å²) in [5.41, 5.74) is 5.51. The Labute approximate surface area is 115 Å². The average Bonchev–Trinajstić information content (AvgIpc) is 2.90. The van der Waals surface area contributed by atoms with E-state index in [9.17, 15) is 4.79 Å². The van der Waals surface area contributed by atoms with E-state index in [1.54, 1.807) is 7.11 Å². The number of carbonyl (C=O) groups is 1. The van der Waals surface area contributed by atoms with Gasteiger partial charge in [0.15, 0.2) is 0 Å². The van der Waals surface area contributed by atoms with Gasteiger partial charge in [-0.2, -0.15) is 0 Å². The highest BCUT2D eigenvalue weighted by atomic mass is 16.5. The third-order valence-corrected chi connectivity index (χ3v) is 3.11. The van der Waals surface area contributed by atoms with Crippen LogP contribution in [0.25, 0.3) is 0 Å². The molecular formula is C13H26N2O4. The number of hydrogen-bond donors (Lipinski definition) is 2. The molecule has 0 spiro atoms. The Morgan fingerprint density at radius 1 is 1.32 bits per heavy atom. The number of unbranched alkanes of at least 4 members (excludes halogenated alkanes) is 1. The molecular weight excluding hydrogens is 248 g/mol. The smallest absolute Gasteiger partial charge is 0.249 e. The first-order valence-corrected chi connectivity index (χ1v) is 6.98. The van der Waals surface area contributed by atoms with E-state index in [1.165, 1.54) is 0 Å². The number of amides is 1. The van der Waals surface area contributed by atoms with Crippen molar-refractivity contribution in [1.82, 2.24) is 5.32 Å². The zero-order chi connectivity index (χ0) is 13.9. The summed E-state index contributed by atoms with van der Waals surface area (Å²) in [5, 5.41) is 2.89. The van der Waals surface area contributed by atoms with Crippen LogP contribution in [0.5, 0.6) is 0 Å². The fourth-order valence-electron chi connectivity index (χ4n) is 1.97. The van der Waals surface area contributed by atoms with Crippen LogP contribution in [0, 0.1) is 0 Å². The lowest BCUT2D eigenvalue weighted by molar-refractivity contribution is -0.131. The van der Waals surface area contributed by atoms with Gasteiger partial charge in [-0.15, -0.1) is 0 Å². The summed E-state index contributed by atoms with van der Waals surface area (Å²) in [4.78, 5) is 11.8. The average molecular weight is 274 g/mol. The van der Waals surface area contributed by atoms with Crippen LogP contribution in [0.3, 0.4) is 0 Å². The summed E-state index contributed by atoms with van der Waals surface area (Å²) in [7, 11) is 1.65. The molecule has 2 unspecified atom stereocenters. The molecule has 1 aliphatic heterocycles. The third-order valence-electron chi connectivity index (χ3n) is 3.11. The van der Waals surface area contributed by atoms with Crippen molar-refractivity contribution >= 4 is 5.91 Å². The Balaban J connectivity index is 1.93. The zero-order valence-electron chi connectivity index (χ0n) is 11.7. The van der Waals surface area contributed by atoms with Crippen LogP contribution >= 0.6 is 0 Å². The van der Waals surface area contributed by atoms with Crippen LogP contribution in [0.1, 0.15) is 25.7 Å². The van der Waals surface area contributed by atoms with Crippen molar-refractivity contribution in [1.29, 1.82) is 0 Å². The Morgan fingerprint density at radius 3 is 2.84 bits per heavy atom. The maximum atomic E-state index is 11.8. The molecule has 0 aromatic carbocycles. The van der Waals surface area contributed by atoms with Crippen molar-refractivity contribution in [2.75, 3.05) is 40.0 Å². The van der Waals surface area contributed by atoms with Crippen LogP contribution < -0.4 is 11.1 Å². The number of nitrogens with one attached hydrogen (secondary N) is 1. The highest BCUT2D eigenvalue weighted by Crippen LogP contribution is 2.18. The van der Waals surface area contributed by atoms with Crippen molar-refractivity contribution in [3.05, 3.63) is 0 Å². The maximum absolute atomic E-state index is 11.8. The Hall–Kier alpha value is -0.690. The SMILES string of the molecule is COCCOCCCCNC(=O)C1CCC(CN)O1. The van der Waals surface area contributed by atoms with E-state index in [-0.39, 0.29) is 18.1 Å². The second-order valence-corrected chi connectivity index (χ2v) is 4.66. The predicted octanol–water partition coefficient (Wildman–Crippen LogP) is 0.0521. The van der Waals surface area contributed by atoms with Crippen molar-refractivity contribution in [2.45, 2.75) is 37.9 Å². The van der Waals surface area contributed by atoms with E-state index in [1.807, 2.05) is 0 Å². The minimum atomic E-state index is -0.313. The molecule has 6 nitrogen and oxygen atoms in total. The number of nitrogens with two attached hydrogens (primary N) is 1. The molecule has 1 aliphatic rings. The van der Waals surface area contributed by atoms with E-state index < -0.39 is 0 Å². The van der Waals surface area contributed by atoms with Gasteiger partial charge < -0.3 is 25.3 Å². The number of hydrogen-bond acceptors (Lipinski definition) is 5. The molecule has 0 aliphatic carbocycles. The third kappa shape index (κ3) is 6.87. The molecule has 0 aromatic rings. The lowest BCUT2D eigenvalue weighted by atomic mass is 10.2. The number of ether oxygens (including phenoxy) is 3. The summed E-state index contributed by atoms with van der Waals surface area (Å²) < 4.78 is 15.7. The molecule has 1 amide bonds. The standard InChI is InChI=1S/C13H26N2O4/c1-17-8-9-18-7-3-2-6-15-13(16)12-5-4-11(10-14)19-12/h11-12H,2-10,14H2,1H3,(H,15,16). The molecule has 0 bridgehead atoms. The molecule has 0 aromatic heterocycles. The normalized spacial score (nSPS) is 22.6. The van der Waals surface area contributed by atoms with Gasteiger partial charge in [-0.3, -0.25) is 4.79 Å². The van der Waals surface area contributed by atoms with Crippen molar-refractivity contribution < 1.29 is 19.0 Å². The van der Waals surface area contributed by atoms with E-state index in [0.717, 1.165) is 25.7 Å². The largest absolute Gasteiger partial charge is 0.382 e. The van der Waals surface area contributed by atoms with Gasteiger partial charge in [0.2, 0.25) is 5.91 Å². The van der Waals surface area contributed by atoms with Crippen LogP contribution in [-0.2, 0) is 19.0 Å². The summed E-state index contributed by atoms with van der Waals surface area (Å²) in [6.45, 7) is 3.11. The highest BCUT2D eigenvalue weighted by molar-refractivity contribution is 5.80. The first-order chi connectivity index (χ1) is 9.27. The van der Waals surface area contributed by atoms with Gasteiger partial charge in [-0.25, -0.2) is 0 Å². The van der Waals surface area contributed by atoms with Crippen LogP contribution in [-0.4, -0.2) is 58.1 Å². The van der Waals surface area contributed by atoms with E-state index in [4.69, 9.17) is 19.9 Å². The number of rotatable bonds is 10. The van der Waals surface area contributed by atoms with Gasteiger partial charge in [0.1, 0.15) is 6.10 Å². The van der Waals surface area contributed by atoms with Crippen molar-refractivity contribution in [3.63, 3.8) is 0 Å². The predicted molar refractivity (Wildman–Crippen MR) is 71.9 cm³/mol. The molecule has 3 N–H and O–H groups in total. The lowest BCUT2D eigenvalue weighted by Crippen LogP contribution is -2.36. The molecule has 112 valence electrons. The topological polar surface area (TPSA) is 82.8 Å². The van der Waals surface area contributed by atoms with Gasteiger partial charge in [-0.1, -0.05) is 0 Å². The highest BCUT2D eigenvalue weighted by Gasteiger charge is 2.29. The number of carbonyl (C=O) groups excluding carboxylic acids is 1. The first kappa shape index (κ1) is 16.4. The number of methoxy groups -OCH3 is 1. The van der Waals surface area contributed by atoms with Crippen LogP contribution in [0.4, 0.5) is 0 Å². The fourth-order valence-corrected chi connectivity index (χ4v) is 1.97. The molecule has 1 saturated heterocycles. The minimum absolute atomic E-state index is 0.0174. The fraction of sp³-hybridized carbons (Fsp3) is 0.923. The van der Waals surface area contributed by atoms with E-state index in [0.29, 0.717) is 32.9 Å². The van der Waals surface area contributed by atoms with E-state index >= 15 is 0 Å². The molecule has 1 fully saturated rings. The van der Waals surface area contributed by atoms with Gasteiger partial charge in [0.25, 0.3) is 0 Å². The molecule has 1 heterocycles. The van der Waals surface area contributed by atoms with E-state index in [2.05, 4.69) is 5.32 Å². The second kappa shape index (κ2) is 10.1. The van der Waals surface area contributed by atoms with Gasteiger partial charge in [0.05, 0.1) is 19.3 Å². The minimum Gasteiger partial charge on any atom is -0.382 e. The molecule has 0 radical (unpaired) electrons. The Morgan fingerprint density at radius 2 is 2.16 bits per heavy atom. The summed E-state index contributed by atoms with van der Waals surface area (Å²) >= 11 is 0. The Kier molecular flexibility index (Phi) is 8.73. The van der Waals surface area contributed by atoms with Gasteiger partial charge in [0, 0.05) is 26.8 Å². The molecule has 1 rings (SSSR count). The monoisotopic (exact) mass is 274 g/mol. The summed E-state index contributed by atoms with van der Waals surface area (Å²) in [6, 6.07) is 0. The quantitative estimate of drug-likeness (QED) is 0.550. The molecule has 0 saturated carbocycles. The summed E-state index contributed by atoms with van der Waals surface area (Å²) in [6.07, 6.45) is 3.22. The van der Waals surface area contributed by atoms with Crippen molar-refractivity contribution in [3.8, 4) is 0 Å². The van der Waals surface area contributed by atoms with Crippen LogP contribution in [0.2, 0.25) is 0 Å². The summed E-state index contributed by atoms with van der Waals surface area (Å²) in [5.74, 6) is -0.0174. The second-order valence-electron chi connectivity index (χ2n) is 4.66. The zero-order valence-corrected chi connectivity index (χ0v) is 11.7. The first-order valence-electron chi connectivity index (χ1n) is 6.98. The molecule has 6 heteroatoms. The van der Waals surface area contributed by atoms with Crippen molar-refractivity contribution in [2.24, 2.45) is 5.73 Å². The van der Waals surface area contributed by atoms with Crippen LogP contribution in [0.15, 0.2) is 0 Å². The van der Waals surface area contributed by atoms with Gasteiger partial charge >= 0.3 is 0 Å². The molecule has 19 heavy (non-hydrogen) atoms.